The first kappa shape index (κ1) is 17.6. The minimum atomic E-state index is -0.112. The number of fused-ring (bicyclic) bond motifs is 1. The Morgan fingerprint density at radius 3 is 2.63 bits per heavy atom. The Morgan fingerprint density at radius 1 is 1.04 bits per heavy atom. The molecule has 0 saturated heterocycles. The fourth-order valence-corrected chi connectivity index (χ4v) is 3.66. The van der Waals surface area contributed by atoms with E-state index in [-0.39, 0.29) is 5.41 Å². The zero-order valence-corrected chi connectivity index (χ0v) is 16.5. The minimum absolute atomic E-state index is 0.112. The van der Waals surface area contributed by atoms with Crippen LogP contribution >= 0.6 is 11.3 Å². The molecular formula is C20H22N6S. The molecule has 0 radical (unpaired) electrons. The lowest BCUT2D eigenvalue weighted by Gasteiger charge is -2.15. The molecule has 7 heteroatoms. The van der Waals surface area contributed by atoms with Crippen LogP contribution in [0.15, 0.2) is 47.8 Å². The predicted molar refractivity (Wildman–Crippen MR) is 109 cm³/mol. The number of nitrogens with one attached hydrogen (secondary N) is 1. The summed E-state index contributed by atoms with van der Waals surface area (Å²) in [4.78, 5) is 4.73. The van der Waals surface area contributed by atoms with Crippen LogP contribution in [0.2, 0.25) is 0 Å². The van der Waals surface area contributed by atoms with Crippen LogP contribution in [0.1, 0.15) is 32.3 Å². The van der Waals surface area contributed by atoms with Gasteiger partial charge in [0.15, 0.2) is 11.5 Å². The zero-order valence-electron chi connectivity index (χ0n) is 15.7. The van der Waals surface area contributed by atoms with Gasteiger partial charge in [-0.2, -0.15) is 4.52 Å². The van der Waals surface area contributed by atoms with Gasteiger partial charge in [0.2, 0.25) is 0 Å². The number of thiazole rings is 1. The van der Waals surface area contributed by atoms with Crippen LogP contribution in [0, 0.1) is 0 Å². The van der Waals surface area contributed by atoms with Crippen molar-refractivity contribution in [3.63, 3.8) is 0 Å². The van der Waals surface area contributed by atoms with Gasteiger partial charge in [-0.25, -0.2) is 4.98 Å². The van der Waals surface area contributed by atoms with Crippen LogP contribution in [0.5, 0.6) is 0 Å². The van der Waals surface area contributed by atoms with Crippen molar-refractivity contribution in [2.24, 2.45) is 0 Å². The second-order valence-electron chi connectivity index (χ2n) is 7.45. The summed E-state index contributed by atoms with van der Waals surface area (Å²) in [5.41, 5.74) is 2.90. The van der Waals surface area contributed by atoms with Crippen LogP contribution in [0.3, 0.4) is 0 Å². The highest BCUT2D eigenvalue weighted by molar-refractivity contribution is 7.13. The fourth-order valence-electron chi connectivity index (χ4n) is 2.80. The Labute approximate surface area is 162 Å². The average Bonchev–Trinajstić information content (AvgIpc) is 3.29. The Balaban J connectivity index is 1.43. The second-order valence-corrected chi connectivity index (χ2v) is 8.31. The third kappa shape index (κ3) is 3.83. The third-order valence-electron chi connectivity index (χ3n) is 4.19. The van der Waals surface area contributed by atoms with Crippen molar-refractivity contribution in [2.75, 3.05) is 11.9 Å². The van der Waals surface area contributed by atoms with Crippen LogP contribution in [0.4, 0.5) is 5.82 Å². The molecule has 1 N–H and O–H groups in total. The van der Waals surface area contributed by atoms with E-state index in [0.29, 0.717) is 0 Å². The minimum Gasteiger partial charge on any atom is -0.368 e. The molecule has 27 heavy (non-hydrogen) atoms. The molecule has 0 aliphatic heterocycles. The lowest BCUT2D eigenvalue weighted by atomic mass is 9.96. The van der Waals surface area contributed by atoms with Crippen molar-refractivity contribution in [3.8, 4) is 10.6 Å². The highest BCUT2D eigenvalue weighted by Crippen LogP contribution is 2.23. The van der Waals surface area contributed by atoms with Gasteiger partial charge in [-0.15, -0.1) is 26.6 Å². The Morgan fingerprint density at radius 2 is 1.85 bits per heavy atom. The summed E-state index contributed by atoms with van der Waals surface area (Å²) < 4.78 is 1.82. The highest BCUT2D eigenvalue weighted by Gasteiger charge is 2.21. The summed E-state index contributed by atoms with van der Waals surface area (Å²) in [7, 11) is 0. The molecule has 4 aromatic rings. The van der Waals surface area contributed by atoms with Gasteiger partial charge in [0.1, 0.15) is 10.8 Å². The summed E-state index contributed by atoms with van der Waals surface area (Å²) in [6.45, 7) is 7.09. The molecule has 4 rings (SSSR count). The molecule has 0 spiro atoms. The predicted octanol–water partition coefficient (Wildman–Crippen LogP) is 4.20. The average molecular weight is 379 g/mol. The van der Waals surface area contributed by atoms with Gasteiger partial charge in [0, 0.05) is 29.3 Å². The number of rotatable bonds is 5. The maximum absolute atomic E-state index is 4.73. The zero-order chi connectivity index (χ0) is 18.9. The summed E-state index contributed by atoms with van der Waals surface area (Å²) >= 11 is 1.68. The Kier molecular flexibility index (Phi) is 4.61. The summed E-state index contributed by atoms with van der Waals surface area (Å²) in [6.07, 6.45) is 0.845. The molecule has 3 heterocycles. The van der Waals surface area contributed by atoms with Gasteiger partial charge in [0.05, 0.1) is 5.69 Å². The van der Waals surface area contributed by atoms with E-state index in [1.807, 2.05) is 34.8 Å². The number of benzene rings is 1. The number of aromatic nitrogens is 5. The first-order valence-corrected chi connectivity index (χ1v) is 9.85. The smallest absolute Gasteiger partial charge is 0.178 e. The molecule has 6 nitrogen and oxygen atoms in total. The Bertz CT molecular complexity index is 1050. The molecule has 0 amide bonds. The van der Waals surface area contributed by atoms with E-state index in [0.717, 1.165) is 46.5 Å². The SMILES string of the molecule is CC(C)(C)c1nnc2ccc(NCCc3csc(-c4ccccc4)n3)nn12. The van der Waals surface area contributed by atoms with Crippen molar-refractivity contribution in [1.82, 2.24) is 24.8 Å². The molecular weight excluding hydrogens is 356 g/mol. The van der Waals surface area contributed by atoms with Crippen molar-refractivity contribution >= 4 is 22.8 Å². The second kappa shape index (κ2) is 7.08. The first-order valence-electron chi connectivity index (χ1n) is 8.97. The fraction of sp³-hybridized carbons (Fsp3) is 0.300. The third-order valence-corrected chi connectivity index (χ3v) is 5.13. The molecule has 138 valence electrons. The van der Waals surface area contributed by atoms with Crippen molar-refractivity contribution < 1.29 is 0 Å². The first-order chi connectivity index (χ1) is 13.0. The van der Waals surface area contributed by atoms with Gasteiger partial charge in [-0.3, -0.25) is 0 Å². The van der Waals surface area contributed by atoms with Gasteiger partial charge in [0.25, 0.3) is 0 Å². The number of nitrogens with zero attached hydrogens (tertiary/aromatic N) is 5. The summed E-state index contributed by atoms with van der Waals surface area (Å²) in [5, 5.41) is 19.7. The lowest BCUT2D eigenvalue weighted by Crippen LogP contribution is -2.18. The monoisotopic (exact) mass is 378 g/mol. The molecule has 0 aliphatic rings. The van der Waals surface area contributed by atoms with E-state index in [4.69, 9.17) is 4.98 Å². The number of hydrogen-bond acceptors (Lipinski definition) is 6. The summed E-state index contributed by atoms with van der Waals surface area (Å²) in [6, 6.07) is 14.2. The van der Waals surface area contributed by atoms with Crippen molar-refractivity contribution in [1.29, 1.82) is 0 Å². The van der Waals surface area contributed by atoms with E-state index >= 15 is 0 Å². The quantitative estimate of drug-likeness (QED) is 0.564. The Hall–Kier alpha value is -2.80. The van der Waals surface area contributed by atoms with Crippen molar-refractivity contribution in [3.05, 3.63) is 59.4 Å². The van der Waals surface area contributed by atoms with Crippen LogP contribution in [0.25, 0.3) is 16.2 Å². The maximum atomic E-state index is 4.73. The molecule has 0 aliphatic carbocycles. The van der Waals surface area contributed by atoms with Gasteiger partial charge >= 0.3 is 0 Å². The topological polar surface area (TPSA) is 68.0 Å². The van der Waals surface area contributed by atoms with Crippen LogP contribution < -0.4 is 5.32 Å². The van der Waals surface area contributed by atoms with Crippen LogP contribution in [-0.2, 0) is 11.8 Å². The van der Waals surface area contributed by atoms with E-state index in [1.165, 1.54) is 0 Å². The molecule has 0 bridgehead atoms. The number of anilines is 1. The van der Waals surface area contributed by atoms with E-state index < -0.39 is 0 Å². The van der Waals surface area contributed by atoms with Crippen LogP contribution in [-0.4, -0.2) is 31.3 Å². The number of hydrogen-bond donors (Lipinski definition) is 1. The molecule has 0 fully saturated rings. The van der Waals surface area contributed by atoms with Gasteiger partial charge < -0.3 is 5.32 Å². The maximum Gasteiger partial charge on any atom is 0.178 e. The molecule has 3 aromatic heterocycles. The summed E-state index contributed by atoms with van der Waals surface area (Å²) in [5.74, 6) is 1.67. The lowest BCUT2D eigenvalue weighted by molar-refractivity contribution is 0.527. The molecule has 0 atom stereocenters. The molecule has 0 saturated carbocycles. The van der Waals surface area contributed by atoms with Crippen molar-refractivity contribution in [2.45, 2.75) is 32.6 Å². The molecule has 0 unspecified atom stereocenters. The van der Waals surface area contributed by atoms with Gasteiger partial charge in [-0.1, -0.05) is 51.1 Å². The highest BCUT2D eigenvalue weighted by atomic mass is 32.1. The largest absolute Gasteiger partial charge is 0.368 e. The van der Waals surface area contributed by atoms with E-state index in [2.05, 4.69) is 58.9 Å². The van der Waals surface area contributed by atoms with E-state index in [9.17, 15) is 0 Å². The standard InChI is InChI=1S/C20H22N6S/c1-20(2,3)19-24-23-17-10-9-16(25-26(17)19)21-12-11-15-13-27-18(22-15)14-7-5-4-6-8-14/h4-10,13H,11-12H2,1-3H3,(H,21,25). The van der Waals surface area contributed by atoms with Gasteiger partial charge in [-0.05, 0) is 12.1 Å². The molecule has 1 aromatic carbocycles. The normalized spacial score (nSPS) is 11.8. The van der Waals surface area contributed by atoms with E-state index in [1.54, 1.807) is 11.3 Å².